The van der Waals surface area contributed by atoms with Crippen LogP contribution in [0.3, 0.4) is 0 Å². The molecule has 2 amide bonds. The third-order valence-corrected chi connectivity index (χ3v) is 9.46. The predicted octanol–water partition coefficient (Wildman–Crippen LogP) is 7.92. The molecule has 0 aliphatic carbocycles. The monoisotopic (exact) mass is 689 g/mol. The Labute approximate surface area is 305 Å². The summed E-state index contributed by atoms with van der Waals surface area (Å²) in [4.78, 5) is 31.3. The number of fused-ring (bicyclic) bond motifs is 1. The average Bonchev–Trinajstić information content (AvgIpc) is 3.20. The van der Waals surface area contributed by atoms with Crippen molar-refractivity contribution < 1.29 is 14.3 Å². The molecule has 0 bridgehead atoms. The molecule has 0 atom stereocenters. The SMILES string of the molecule is NCc1cccc(Oc2ccccc2N(Cc2ccc(-c3cccc4ccccc34)cc2)C(=O)CCC(=O)NN2CCN(c3ccccc3)CC2)c1. The molecule has 8 heteroatoms. The van der Waals surface area contributed by atoms with Crippen molar-refractivity contribution in [2.75, 3.05) is 36.0 Å². The van der Waals surface area contributed by atoms with Gasteiger partial charge in [-0.25, -0.2) is 5.01 Å². The van der Waals surface area contributed by atoms with Crippen molar-refractivity contribution in [1.29, 1.82) is 0 Å². The molecule has 0 saturated carbocycles. The van der Waals surface area contributed by atoms with Crippen molar-refractivity contribution >= 4 is 34.0 Å². The van der Waals surface area contributed by atoms with Crippen LogP contribution in [0.15, 0.2) is 146 Å². The topological polar surface area (TPSA) is 91.1 Å². The number of nitrogens with one attached hydrogen (secondary N) is 1. The molecular weight excluding hydrogens is 647 g/mol. The molecule has 0 spiro atoms. The summed E-state index contributed by atoms with van der Waals surface area (Å²) in [5.74, 6) is 0.824. The van der Waals surface area contributed by atoms with E-state index in [1.807, 2.05) is 77.8 Å². The largest absolute Gasteiger partial charge is 0.455 e. The number of carbonyl (C=O) groups excluding carboxylic acids is 2. The summed E-state index contributed by atoms with van der Waals surface area (Å²) in [5.41, 5.74) is 14.9. The third-order valence-electron chi connectivity index (χ3n) is 9.46. The van der Waals surface area contributed by atoms with Crippen molar-refractivity contribution in [1.82, 2.24) is 10.4 Å². The van der Waals surface area contributed by atoms with Gasteiger partial charge in [-0.15, -0.1) is 0 Å². The normalized spacial score (nSPS) is 13.1. The van der Waals surface area contributed by atoms with E-state index in [0.29, 0.717) is 43.4 Å². The van der Waals surface area contributed by atoms with Gasteiger partial charge in [0.25, 0.3) is 0 Å². The van der Waals surface area contributed by atoms with E-state index in [9.17, 15) is 9.59 Å². The number of benzene rings is 6. The minimum absolute atomic E-state index is 0.0426. The van der Waals surface area contributed by atoms with Gasteiger partial charge in [0.15, 0.2) is 5.75 Å². The zero-order chi connectivity index (χ0) is 35.7. The summed E-state index contributed by atoms with van der Waals surface area (Å²) in [5, 5.41) is 4.32. The van der Waals surface area contributed by atoms with Crippen LogP contribution in [0.2, 0.25) is 0 Å². The van der Waals surface area contributed by atoms with Crippen LogP contribution in [-0.2, 0) is 22.7 Å². The molecule has 1 aliphatic heterocycles. The molecule has 6 aromatic rings. The number of hydrogen-bond donors (Lipinski definition) is 2. The van der Waals surface area contributed by atoms with Gasteiger partial charge in [-0.05, 0) is 69.4 Å². The van der Waals surface area contributed by atoms with Gasteiger partial charge in [0, 0.05) is 51.3 Å². The molecule has 1 aliphatic rings. The molecule has 3 N–H and O–H groups in total. The molecule has 0 radical (unpaired) electrons. The highest BCUT2D eigenvalue weighted by Gasteiger charge is 2.23. The summed E-state index contributed by atoms with van der Waals surface area (Å²) in [6, 6.07) is 48.5. The third kappa shape index (κ3) is 8.32. The lowest BCUT2D eigenvalue weighted by Crippen LogP contribution is -2.53. The Bertz CT molecular complexity index is 2120. The molecule has 7 rings (SSSR count). The number of hydrazine groups is 1. The van der Waals surface area contributed by atoms with Gasteiger partial charge in [0.1, 0.15) is 5.75 Å². The summed E-state index contributed by atoms with van der Waals surface area (Å²) < 4.78 is 6.37. The number of rotatable bonds is 12. The minimum Gasteiger partial charge on any atom is -0.455 e. The number of carbonyl (C=O) groups is 2. The Balaban J connectivity index is 1.07. The number of ether oxygens (including phenoxy) is 1. The quantitative estimate of drug-likeness (QED) is 0.136. The van der Waals surface area contributed by atoms with Gasteiger partial charge in [0.05, 0.1) is 12.2 Å². The lowest BCUT2D eigenvalue weighted by molar-refractivity contribution is -0.128. The molecule has 0 aromatic heterocycles. The van der Waals surface area contributed by atoms with E-state index in [4.69, 9.17) is 10.5 Å². The van der Waals surface area contributed by atoms with Gasteiger partial charge in [0.2, 0.25) is 11.8 Å². The maximum atomic E-state index is 14.1. The summed E-state index contributed by atoms with van der Waals surface area (Å²) in [7, 11) is 0. The van der Waals surface area contributed by atoms with Crippen molar-refractivity contribution in [2.45, 2.75) is 25.9 Å². The van der Waals surface area contributed by atoms with Gasteiger partial charge in [-0.1, -0.05) is 109 Å². The van der Waals surface area contributed by atoms with Crippen molar-refractivity contribution in [3.8, 4) is 22.6 Å². The molecule has 6 aromatic carbocycles. The van der Waals surface area contributed by atoms with Gasteiger partial charge in [-0.2, -0.15) is 0 Å². The number of nitrogens with zero attached hydrogens (tertiary/aromatic N) is 3. The number of amides is 2. The number of para-hydroxylation sites is 3. The second kappa shape index (κ2) is 16.4. The second-order valence-corrected chi connectivity index (χ2v) is 13.0. The first-order valence-electron chi connectivity index (χ1n) is 17.8. The first kappa shape index (κ1) is 34.5. The van der Waals surface area contributed by atoms with Crippen LogP contribution >= 0.6 is 0 Å². The Hall–Kier alpha value is -5.96. The van der Waals surface area contributed by atoms with Crippen LogP contribution in [0.1, 0.15) is 24.0 Å². The standard InChI is InChI=1S/C44H43N5O3/c45-31-34-10-8-15-38(30-34)52-42-19-7-6-18-41(42)49(32-33-20-22-36(23-21-33)40-17-9-12-35-11-4-5-16-39(35)40)44(51)25-24-43(50)46-48-28-26-47(27-29-48)37-13-2-1-3-14-37/h1-23,30H,24-29,31-32,45H2,(H,46,50). The van der Waals surface area contributed by atoms with Crippen LogP contribution < -0.4 is 25.7 Å². The lowest BCUT2D eigenvalue weighted by Gasteiger charge is -2.36. The van der Waals surface area contributed by atoms with Crippen molar-refractivity contribution in [2.24, 2.45) is 5.73 Å². The highest BCUT2D eigenvalue weighted by Crippen LogP contribution is 2.35. The molecule has 1 fully saturated rings. The van der Waals surface area contributed by atoms with Crippen LogP contribution in [0.5, 0.6) is 11.5 Å². The Kier molecular flexibility index (Phi) is 10.9. The number of piperazine rings is 1. The van der Waals surface area contributed by atoms with E-state index >= 15 is 0 Å². The fourth-order valence-electron chi connectivity index (χ4n) is 6.69. The minimum atomic E-state index is -0.177. The highest BCUT2D eigenvalue weighted by molar-refractivity contribution is 5.98. The van der Waals surface area contributed by atoms with E-state index in [-0.39, 0.29) is 24.7 Å². The van der Waals surface area contributed by atoms with E-state index in [0.717, 1.165) is 35.3 Å². The molecule has 8 nitrogen and oxygen atoms in total. The van der Waals surface area contributed by atoms with E-state index < -0.39 is 0 Å². The maximum absolute atomic E-state index is 14.1. The highest BCUT2D eigenvalue weighted by atomic mass is 16.5. The fourth-order valence-corrected chi connectivity index (χ4v) is 6.69. The molecule has 262 valence electrons. The van der Waals surface area contributed by atoms with Gasteiger partial charge in [-0.3, -0.25) is 15.0 Å². The van der Waals surface area contributed by atoms with Gasteiger partial charge >= 0.3 is 0 Å². The lowest BCUT2D eigenvalue weighted by atomic mass is 9.97. The predicted molar refractivity (Wildman–Crippen MR) is 209 cm³/mol. The number of hydrogen-bond acceptors (Lipinski definition) is 6. The molecular formula is C44H43N5O3. The van der Waals surface area contributed by atoms with Crippen molar-refractivity contribution in [3.05, 3.63) is 157 Å². The summed E-state index contributed by atoms with van der Waals surface area (Å²) in [6.45, 7) is 3.71. The number of anilines is 2. The van der Waals surface area contributed by atoms with Crippen LogP contribution in [-0.4, -0.2) is 43.0 Å². The molecule has 1 heterocycles. The van der Waals surface area contributed by atoms with Crippen LogP contribution in [0.25, 0.3) is 21.9 Å². The Morgan fingerprint density at radius 1 is 0.692 bits per heavy atom. The Morgan fingerprint density at radius 3 is 2.21 bits per heavy atom. The second-order valence-electron chi connectivity index (χ2n) is 13.0. The van der Waals surface area contributed by atoms with Crippen molar-refractivity contribution in [3.63, 3.8) is 0 Å². The molecule has 52 heavy (non-hydrogen) atoms. The first-order chi connectivity index (χ1) is 25.5. The average molecular weight is 690 g/mol. The van der Waals surface area contributed by atoms with Gasteiger partial charge < -0.3 is 20.3 Å². The zero-order valence-corrected chi connectivity index (χ0v) is 29.2. The fraction of sp³-hybridized carbons (Fsp3) is 0.182. The Morgan fingerprint density at radius 2 is 1.40 bits per heavy atom. The summed E-state index contributed by atoms with van der Waals surface area (Å²) in [6.07, 6.45) is 0.108. The summed E-state index contributed by atoms with van der Waals surface area (Å²) >= 11 is 0. The number of nitrogens with two attached hydrogens (primary N) is 1. The van der Waals surface area contributed by atoms with E-state index in [1.54, 1.807) is 4.90 Å². The van der Waals surface area contributed by atoms with E-state index in [2.05, 4.69) is 83.1 Å². The van der Waals surface area contributed by atoms with Crippen LogP contribution in [0, 0.1) is 0 Å². The van der Waals surface area contributed by atoms with E-state index in [1.165, 1.54) is 16.5 Å². The zero-order valence-electron chi connectivity index (χ0n) is 29.2. The molecule has 0 unspecified atom stereocenters. The smallest absolute Gasteiger partial charge is 0.234 e. The maximum Gasteiger partial charge on any atom is 0.234 e. The molecule has 1 saturated heterocycles. The van der Waals surface area contributed by atoms with Crippen LogP contribution in [0.4, 0.5) is 11.4 Å². The first-order valence-corrected chi connectivity index (χ1v) is 17.8.